The molecular weight excluding hydrogens is 160 g/mol. The van der Waals surface area contributed by atoms with E-state index in [0.29, 0.717) is 5.41 Å². The van der Waals surface area contributed by atoms with E-state index >= 15 is 0 Å². The van der Waals surface area contributed by atoms with E-state index in [1.165, 1.54) is 32.2 Å². The third-order valence-corrected chi connectivity index (χ3v) is 5.00. The number of hydrogen-bond donors (Lipinski definition) is 1. The van der Waals surface area contributed by atoms with E-state index in [1.54, 1.807) is 0 Å². The summed E-state index contributed by atoms with van der Waals surface area (Å²) in [4.78, 5) is 2.52. The first-order valence-electron chi connectivity index (χ1n) is 5.59. The van der Waals surface area contributed by atoms with Crippen LogP contribution in [0.3, 0.4) is 0 Å². The van der Waals surface area contributed by atoms with Crippen LogP contribution in [0.15, 0.2) is 0 Å². The molecule has 3 atom stereocenters. The zero-order valence-corrected chi connectivity index (χ0v) is 8.77. The fourth-order valence-corrected chi connectivity index (χ4v) is 4.12. The average Bonchev–Trinajstić information content (AvgIpc) is 2.49. The van der Waals surface area contributed by atoms with Gasteiger partial charge in [0, 0.05) is 19.3 Å². The number of hydrogen-bond acceptors (Lipinski definition) is 2. The summed E-state index contributed by atoms with van der Waals surface area (Å²) in [6.45, 7) is 4.83. The highest BCUT2D eigenvalue weighted by Crippen LogP contribution is 2.75. The number of likely N-dealkylation sites (N-methyl/N-ethyl adjacent to an activating group) is 1. The molecule has 0 aromatic carbocycles. The molecular formula is C11H20N2. The molecule has 3 aliphatic rings. The fourth-order valence-electron chi connectivity index (χ4n) is 4.12. The molecule has 2 heteroatoms. The molecule has 1 heterocycles. The Bertz CT molecular complexity index is 236. The maximum atomic E-state index is 3.49. The number of rotatable bonds is 1. The van der Waals surface area contributed by atoms with Crippen molar-refractivity contribution >= 4 is 0 Å². The summed E-state index contributed by atoms with van der Waals surface area (Å²) in [5.41, 5.74) is 1.43. The summed E-state index contributed by atoms with van der Waals surface area (Å²) >= 11 is 0. The lowest BCUT2D eigenvalue weighted by atomic mass is 9.89. The van der Waals surface area contributed by atoms with E-state index in [4.69, 9.17) is 0 Å². The minimum absolute atomic E-state index is 0.714. The fraction of sp³-hybridized carbons (Fsp3) is 1.00. The van der Waals surface area contributed by atoms with Crippen LogP contribution in [0.4, 0.5) is 0 Å². The van der Waals surface area contributed by atoms with E-state index in [0.717, 1.165) is 18.1 Å². The standard InChI is InChI=1S/C11H20N2/c1-10-4-3-5-11(10,7-10)9-6-12-8-13(9)2/h9,12H,3-8H2,1-2H3. The smallest absolute Gasteiger partial charge is 0.0481 e. The second-order valence-electron chi connectivity index (χ2n) is 5.63. The Balaban J connectivity index is 1.85. The monoisotopic (exact) mass is 180 g/mol. The Hall–Kier alpha value is -0.0800. The normalized spacial score (nSPS) is 55.4. The molecule has 0 aromatic rings. The molecule has 0 spiro atoms. The summed E-state index contributed by atoms with van der Waals surface area (Å²) in [7, 11) is 2.27. The summed E-state index contributed by atoms with van der Waals surface area (Å²) in [5.74, 6) is 0. The first kappa shape index (κ1) is 8.25. The largest absolute Gasteiger partial charge is 0.303 e. The maximum absolute atomic E-state index is 3.49. The first-order valence-corrected chi connectivity index (χ1v) is 5.59. The molecule has 0 radical (unpaired) electrons. The summed E-state index contributed by atoms with van der Waals surface area (Å²) < 4.78 is 0. The summed E-state index contributed by atoms with van der Waals surface area (Å²) in [6.07, 6.45) is 5.94. The van der Waals surface area contributed by atoms with Gasteiger partial charge in [-0.3, -0.25) is 4.90 Å². The Morgan fingerprint density at radius 2 is 2.23 bits per heavy atom. The maximum Gasteiger partial charge on any atom is 0.0481 e. The van der Waals surface area contributed by atoms with Gasteiger partial charge in [-0.25, -0.2) is 0 Å². The van der Waals surface area contributed by atoms with Gasteiger partial charge < -0.3 is 5.32 Å². The van der Waals surface area contributed by atoms with Crippen LogP contribution < -0.4 is 5.32 Å². The Morgan fingerprint density at radius 3 is 2.69 bits per heavy atom. The molecule has 3 unspecified atom stereocenters. The molecule has 0 aromatic heterocycles. The summed E-state index contributed by atoms with van der Waals surface area (Å²) in [6, 6.07) is 0.833. The molecule has 1 saturated heterocycles. The molecule has 0 bridgehead atoms. The van der Waals surface area contributed by atoms with Crippen LogP contribution in [0, 0.1) is 10.8 Å². The zero-order chi connectivity index (χ0) is 9.10. The highest BCUT2D eigenvalue weighted by atomic mass is 15.3. The zero-order valence-electron chi connectivity index (χ0n) is 8.77. The third-order valence-electron chi connectivity index (χ3n) is 5.00. The van der Waals surface area contributed by atoms with Gasteiger partial charge >= 0.3 is 0 Å². The van der Waals surface area contributed by atoms with Crippen molar-refractivity contribution < 1.29 is 0 Å². The van der Waals surface area contributed by atoms with E-state index in [2.05, 4.69) is 24.2 Å². The Labute approximate surface area is 80.7 Å². The van der Waals surface area contributed by atoms with Crippen molar-refractivity contribution in [3.05, 3.63) is 0 Å². The van der Waals surface area contributed by atoms with Crippen molar-refractivity contribution in [1.82, 2.24) is 10.2 Å². The predicted octanol–water partition coefficient (Wildman–Crippen LogP) is 1.43. The molecule has 3 fully saturated rings. The number of nitrogens with zero attached hydrogens (tertiary/aromatic N) is 1. The molecule has 3 rings (SSSR count). The second-order valence-corrected chi connectivity index (χ2v) is 5.63. The quantitative estimate of drug-likeness (QED) is 0.656. The van der Waals surface area contributed by atoms with Gasteiger partial charge in [-0.1, -0.05) is 13.3 Å². The van der Waals surface area contributed by atoms with E-state index in [1.807, 2.05) is 0 Å². The molecule has 2 saturated carbocycles. The lowest BCUT2D eigenvalue weighted by Gasteiger charge is -2.28. The molecule has 74 valence electrons. The number of fused-ring (bicyclic) bond motifs is 1. The molecule has 1 N–H and O–H groups in total. The van der Waals surface area contributed by atoms with Gasteiger partial charge in [0.1, 0.15) is 0 Å². The van der Waals surface area contributed by atoms with Gasteiger partial charge in [0.2, 0.25) is 0 Å². The molecule has 0 amide bonds. The van der Waals surface area contributed by atoms with Gasteiger partial charge in [0.15, 0.2) is 0 Å². The van der Waals surface area contributed by atoms with Crippen LogP contribution in [-0.2, 0) is 0 Å². The predicted molar refractivity (Wildman–Crippen MR) is 53.4 cm³/mol. The van der Waals surface area contributed by atoms with Crippen LogP contribution >= 0.6 is 0 Å². The van der Waals surface area contributed by atoms with Crippen molar-refractivity contribution in [1.29, 1.82) is 0 Å². The minimum atomic E-state index is 0.714. The highest BCUT2D eigenvalue weighted by molar-refractivity contribution is 5.21. The highest BCUT2D eigenvalue weighted by Gasteiger charge is 2.70. The van der Waals surface area contributed by atoms with Gasteiger partial charge in [0.05, 0.1) is 0 Å². The van der Waals surface area contributed by atoms with Crippen molar-refractivity contribution in [3.63, 3.8) is 0 Å². The third kappa shape index (κ3) is 0.861. The Kier molecular flexibility index (Phi) is 1.45. The molecule has 1 aliphatic heterocycles. The molecule has 2 nitrogen and oxygen atoms in total. The summed E-state index contributed by atoms with van der Waals surface area (Å²) in [5, 5.41) is 3.49. The van der Waals surface area contributed by atoms with E-state index in [9.17, 15) is 0 Å². The van der Waals surface area contributed by atoms with E-state index < -0.39 is 0 Å². The van der Waals surface area contributed by atoms with Gasteiger partial charge in [-0.2, -0.15) is 0 Å². The SMILES string of the molecule is CN1CNCC1C12CCCC1(C)C2. The van der Waals surface area contributed by atoms with Crippen LogP contribution in [-0.4, -0.2) is 31.2 Å². The molecule has 13 heavy (non-hydrogen) atoms. The van der Waals surface area contributed by atoms with E-state index in [-0.39, 0.29) is 0 Å². The Morgan fingerprint density at radius 1 is 1.38 bits per heavy atom. The van der Waals surface area contributed by atoms with Crippen molar-refractivity contribution in [3.8, 4) is 0 Å². The topological polar surface area (TPSA) is 15.3 Å². The van der Waals surface area contributed by atoms with Gasteiger partial charge in [0.25, 0.3) is 0 Å². The average molecular weight is 180 g/mol. The van der Waals surface area contributed by atoms with Crippen LogP contribution in [0.5, 0.6) is 0 Å². The van der Waals surface area contributed by atoms with Crippen LogP contribution in [0.25, 0.3) is 0 Å². The van der Waals surface area contributed by atoms with Gasteiger partial charge in [-0.15, -0.1) is 0 Å². The lowest BCUT2D eigenvalue weighted by Crippen LogP contribution is -2.37. The van der Waals surface area contributed by atoms with Crippen LogP contribution in [0.2, 0.25) is 0 Å². The first-order chi connectivity index (χ1) is 6.18. The van der Waals surface area contributed by atoms with Crippen molar-refractivity contribution in [2.45, 2.75) is 38.6 Å². The van der Waals surface area contributed by atoms with Crippen molar-refractivity contribution in [2.75, 3.05) is 20.3 Å². The van der Waals surface area contributed by atoms with Crippen molar-refractivity contribution in [2.24, 2.45) is 10.8 Å². The lowest BCUT2D eigenvalue weighted by molar-refractivity contribution is 0.193. The minimum Gasteiger partial charge on any atom is -0.303 e. The number of nitrogens with one attached hydrogen (secondary N) is 1. The van der Waals surface area contributed by atoms with Crippen LogP contribution in [0.1, 0.15) is 32.6 Å². The second kappa shape index (κ2) is 2.29. The molecule has 2 aliphatic carbocycles. The van der Waals surface area contributed by atoms with Gasteiger partial charge in [-0.05, 0) is 37.1 Å².